The fraction of sp³-hybridized carbons (Fsp3) is 0.412. The van der Waals surface area contributed by atoms with Crippen LogP contribution in [-0.4, -0.2) is 57.6 Å². The van der Waals surface area contributed by atoms with Crippen molar-refractivity contribution in [2.75, 3.05) is 40.8 Å². The highest BCUT2D eigenvalue weighted by Crippen LogP contribution is 2.11. The molecule has 0 saturated carbocycles. The van der Waals surface area contributed by atoms with Gasteiger partial charge in [0.2, 0.25) is 5.91 Å². The van der Waals surface area contributed by atoms with E-state index in [-0.39, 0.29) is 18.4 Å². The number of carbonyl (C=O) groups excluding carboxylic acids is 2. The number of nitrogens with one attached hydrogen (secondary N) is 2. The SMILES string of the molecule is C=CCOc1ccc(C[NH+](C)CC(=O)NCC(=O)N(C)C)cc1. The largest absolute Gasteiger partial charge is 0.490 e. The van der Waals surface area contributed by atoms with E-state index in [0.717, 1.165) is 22.8 Å². The maximum absolute atomic E-state index is 11.8. The quantitative estimate of drug-likeness (QED) is 0.601. The minimum Gasteiger partial charge on any atom is -0.490 e. The molecule has 6 nitrogen and oxygen atoms in total. The van der Waals surface area contributed by atoms with Crippen LogP contribution < -0.4 is 15.0 Å². The molecule has 6 heteroatoms. The lowest BCUT2D eigenvalue weighted by molar-refractivity contribution is -0.885. The lowest BCUT2D eigenvalue weighted by atomic mass is 10.2. The molecule has 0 aromatic heterocycles. The summed E-state index contributed by atoms with van der Waals surface area (Å²) in [6.45, 7) is 5.16. The Kier molecular flexibility index (Phi) is 7.83. The molecule has 0 heterocycles. The molecule has 0 spiro atoms. The topological polar surface area (TPSA) is 63.1 Å². The molecule has 1 rings (SSSR count). The summed E-state index contributed by atoms with van der Waals surface area (Å²) in [5, 5.41) is 2.63. The van der Waals surface area contributed by atoms with Gasteiger partial charge in [0.15, 0.2) is 6.54 Å². The monoisotopic (exact) mass is 320 g/mol. The number of hydrogen-bond donors (Lipinski definition) is 2. The third kappa shape index (κ3) is 7.46. The van der Waals surface area contributed by atoms with Crippen LogP contribution in [0.25, 0.3) is 0 Å². The Morgan fingerprint density at radius 1 is 1.30 bits per heavy atom. The Labute approximate surface area is 137 Å². The summed E-state index contributed by atoms with van der Waals surface area (Å²) in [5.74, 6) is 0.543. The lowest BCUT2D eigenvalue weighted by Gasteiger charge is -2.15. The molecule has 0 fully saturated rings. The second-order valence-electron chi connectivity index (χ2n) is 5.62. The molecule has 23 heavy (non-hydrogen) atoms. The van der Waals surface area contributed by atoms with Gasteiger partial charge in [0, 0.05) is 19.7 Å². The van der Waals surface area contributed by atoms with Crippen LogP contribution in [0.3, 0.4) is 0 Å². The van der Waals surface area contributed by atoms with Crippen LogP contribution in [0.2, 0.25) is 0 Å². The summed E-state index contributed by atoms with van der Waals surface area (Å²) < 4.78 is 5.43. The smallest absolute Gasteiger partial charge is 0.275 e. The van der Waals surface area contributed by atoms with E-state index in [2.05, 4.69) is 11.9 Å². The summed E-state index contributed by atoms with van der Waals surface area (Å²) in [6, 6.07) is 7.77. The molecule has 1 aromatic carbocycles. The first-order valence-corrected chi connectivity index (χ1v) is 7.53. The van der Waals surface area contributed by atoms with Gasteiger partial charge in [0.05, 0.1) is 13.6 Å². The molecule has 0 aliphatic rings. The first kappa shape index (κ1) is 18.7. The first-order valence-electron chi connectivity index (χ1n) is 7.53. The van der Waals surface area contributed by atoms with Crippen LogP contribution in [0.1, 0.15) is 5.56 Å². The maximum atomic E-state index is 11.8. The van der Waals surface area contributed by atoms with Gasteiger partial charge in [-0.05, 0) is 24.3 Å². The van der Waals surface area contributed by atoms with Gasteiger partial charge in [-0.25, -0.2) is 0 Å². The highest BCUT2D eigenvalue weighted by atomic mass is 16.5. The van der Waals surface area contributed by atoms with Crippen molar-refractivity contribution in [2.24, 2.45) is 0 Å². The van der Waals surface area contributed by atoms with Crippen molar-refractivity contribution < 1.29 is 19.2 Å². The minimum absolute atomic E-state index is 0.0362. The van der Waals surface area contributed by atoms with Gasteiger partial charge >= 0.3 is 0 Å². The molecule has 1 aromatic rings. The average molecular weight is 320 g/mol. The maximum Gasteiger partial charge on any atom is 0.275 e. The van der Waals surface area contributed by atoms with Gasteiger partial charge in [0.25, 0.3) is 5.91 Å². The summed E-state index contributed by atoms with van der Waals surface area (Å²) in [4.78, 5) is 25.7. The predicted molar refractivity (Wildman–Crippen MR) is 89.3 cm³/mol. The molecule has 0 saturated heterocycles. The molecule has 126 valence electrons. The molecule has 1 unspecified atom stereocenters. The van der Waals surface area contributed by atoms with Crippen molar-refractivity contribution in [3.8, 4) is 5.75 Å². The molecule has 0 aliphatic carbocycles. The predicted octanol–water partition coefficient (Wildman–Crippen LogP) is -0.529. The number of quaternary nitrogens is 1. The van der Waals surface area contributed by atoms with Crippen LogP contribution in [0.4, 0.5) is 0 Å². The summed E-state index contributed by atoms with van der Waals surface area (Å²) in [7, 11) is 5.26. The fourth-order valence-corrected chi connectivity index (χ4v) is 1.94. The van der Waals surface area contributed by atoms with Gasteiger partial charge in [0.1, 0.15) is 18.9 Å². The standard InChI is InChI=1S/C17H25N3O3/c1-5-10-23-15-8-6-14(7-9-15)12-20(4)13-16(21)18-11-17(22)19(2)3/h5-9H,1,10-13H2,2-4H3,(H,18,21)/p+1. The minimum atomic E-state index is -0.136. The van der Waals surface area contributed by atoms with Crippen molar-refractivity contribution in [1.29, 1.82) is 0 Å². The number of hydrogen-bond acceptors (Lipinski definition) is 3. The van der Waals surface area contributed by atoms with E-state index < -0.39 is 0 Å². The van der Waals surface area contributed by atoms with E-state index in [1.807, 2.05) is 31.3 Å². The lowest BCUT2D eigenvalue weighted by Crippen LogP contribution is -3.08. The van der Waals surface area contributed by atoms with Crippen molar-refractivity contribution in [2.45, 2.75) is 6.54 Å². The second-order valence-corrected chi connectivity index (χ2v) is 5.62. The highest BCUT2D eigenvalue weighted by molar-refractivity contribution is 5.84. The van der Waals surface area contributed by atoms with Crippen LogP contribution >= 0.6 is 0 Å². The zero-order chi connectivity index (χ0) is 17.2. The summed E-state index contributed by atoms with van der Waals surface area (Å²) in [5.41, 5.74) is 1.12. The second kappa shape index (κ2) is 9.63. The number of nitrogens with zero attached hydrogens (tertiary/aromatic N) is 1. The van der Waals surface area contributed by atoms with E-state index in [0.29, 0.717) is 13.2 Å². The fourth-order valence-electron chi connectivity index (χ4n) is 1.94. The number of amides is 2. The van der Waals surface area contributed by atoms with Gasteiger partial charge in [-0.1, -0.05) is 12.7 Å². The molecule has 0 bridgehead atoms. The Morgan fingerprint density at radius 2 is 1.96 bits per heavy atom. The Morgan fingerprint density at radius 3 is 2.52 bits per heavy atom. The van der Waals surface area contributed by atoms with Crippen LogP contribution in [0, 0.1) is 0 Å². The molecule has 2 amide bonds. The van der Waals surface area contributed by atoms with Gasteiger partial charge < -0.3 is 19.9 Å². The van der Waals surface area contributed by atoms with Crippen LogP contribution in [0.15, 0.2) is 36.9 Å². The molecular formula is C17H26N3O3+. The van der Waals surface area contributed by atoms with Gasteiger partial charge in [-0.3, -0.25) is 9.59 Å². The third-order valence-electron chi connectivity index (χ3n) is 3.20. The molecule has 1 atom stereocenters. The summed E-state index contributed by atoms with van der Waals surface area (Å²) in [6.07, 6.45) is 1.70. The Balaban J connectivity index is 2.37. The van der Waals surface area contributed by atoms with Crippen molar-refractivity contribution in [3.63, 3.8) is 0 Å². The van der Waals surface area contributed by atoms with Crippen molar-refractivity contribution in [3.05, 3.63) is 42.5 Å². The van der Waals surface area contributed by atoms with E-state index in [1.54, 1.807) is 20.2 Å². The highest BCUT2D eigenvalue weighted by Gasteiger charge is 2.12. The Bertz CT molecular complexity index is 526. The number of ether oxygens (including phenoxy) is 1. The van der Waals surface area contributed by atoms with Crippen molar-refractivity contribution >= 4 is 11.8 Å². The van der Waals surface area contributed by atoms with Crippen LogP contribution in [0.5, 0.6) is 5.75 Å². The average Bonchev–Trinajstić information content (AvgIpc) is 2.51. The van der Waals surface area contributed by atoms with Crippen LogP contribution in [-0.2, 0) is 16.1 Å². The zero-order valence-electron chi connectivity index (χ0n) is 14.1. The molecule has 0 radical (unpaired) electrons. The zero-order valence-corrected chi connectivity index (χ0v) is 14.1. The third-order valence-corrected chi connectivity index (χ3v) is 3.20. The molecule has 0 aliphatic heterocycles. The number of carbonyl (C=O) groups is 2. The Hall–Kier alpha value is -2.34. The number of rotatable bonds is 9. The molecule has 2 N–H and O–H groups in total. The number of benzene rings is 1. The first-order chi connectivity index (χ1) is 10.9. The van der Waals surface area contributed by atoms with E-state index in [1.165, 1.54) is 4.90 Å². The van der Waals surface area contributed by atoms with Crippen molar-refractivity contribution in [1.82, 2.24) is 10.2 Å². The summed E-state index contributed by atoms with van der Waals surface area (Å²) >= 11 is 0. The van der Waals surface area contributed by atoms with Gasteiger partial charge in [-0.15, -0.1) is 0 Å². The van der Waals surface area contributed by atoms with E-state index in [9.17, 15) is 9.59 Å². The van der Waals surface area contributed by atoms with E-state index in [4.69, 9.17) is 4.74 Å². The normalized spacial score (nSPS) is 11.4. The number of likely N-dealkylation sites (N-methyl/N-ethyl adjacent to an activating group) is 2. The molecular weight excluding hydrogens is 294 g/mol. The van der Waals surface area contributed by atoms with E-state index >= 15 is 0 Å². The van der Waals surface area contributed by atoms with Gasteiger partial charge in [-0.2, -0.15) is 0 Å².